The molecule has 1 aliphatic heterocycles. The molecule has 0 aliphatic carbocycles. The number of hydrogen-bond acceptors (Lipinski definition) is 6. The van der Waals surface area contributed by atoms with Crippen LogP contribution in [0.15, 0.2) is 55.2 Å². The van der Waals surface area contributed by atoms with Gasteiger partial charge in [-0.15, -0.1) is 0 Å². The minimum absolute atomic E-state index is 0.321. The number of methoxy groups -OCH3 is 1. The maximum Gasteiger partial charge on any atom is 0.125 e. The van der Waals surface area contributed by atoms with Crippen molar-refractivity contribution in [3.8, 4) is 5.75 Å². The molecule has 198 valence electrons. The molecule has 3 aromatic rings. The first-order valence-electron chi connectivity index (χ1n) is 13.1. The lowest BCUT2D eigenvalue weighted by atomic mass is 9.90. The lowest BCUT2D eigenvalue weighted by Gasteiger charge is -2.33. The molecule has 1 aromatic heterocycles. The van der Waals surface area contributed by atoms with Gasteiger partial charge in [-0.2, -0.15) is 0 Å². The average molecular weight is 508 g/mol. The molecular formula is C30H38FN3O3. The predicted molar refractivity (Wildman–Crippen MR) is 147 cm³/mol. The Balaban J connectivity index is 1.17. The minimum Gasteiger partial charge on any atom is -0.497 e. The number of fused-ring (bicyclic) bond motifs is 1. The molecule has 0 spiro atoms. The minimum atomic E-state index is -0.532. The van der Waals surface area contributed by atoms with E-state index in [4.69, 9.17) is 4.74 Å². The van der Waals surface area contributed by atoms with Crippen LogP contribution in [0, 0.1) is 11.7 Å². The molecule has 0 bridgehead atoms. The normalized spacial score (nSPS) is 16.4. The number of β-amino-alcohol motifs (C(OH)–C–C–N with tert-alkyl or cyclic N) is 1. The molecule has 2 atom stereocenters. The van der Waals surface area contributed by atoms with Crippen molar-refractivity contribution in [2.45, 2.75) is 44.3 Å². The number of hydrogen-bond donors (Lipinski definition) is 3. The number of piperidine rings is 1. The van der Waals surface area contributed by atoms with Crippen molar-refractivity contribution in [3.05, 3.63) is 72.2 Å². The van der Waals surface area contributed by atoms with Gasteiger partial charge in [-0.25, -0.2) is 4.39 Å². The van der Waals surface area contributed by atoms with Gasteiger partial charge in [0.2, 0.25) is 0 Å². The monoisotopic (exact) mass is 507 g/mol. The fourth-order valence-electron chi connectivity index (χ4n) is 5.21. The third kappa shape index (κ3) is 7.51. The van der Waals surface area contributed by atoms with Crippen LogP contribution in [0.4, 0.5) is 10.1 Å². The van der Waals surface area contributed by atoms with Gasteiger partial charge in [0.05, 0.1) is 24.8 Å². The first kappa shape index (κ1) is 27.0. The van der Waals surface area contributed by atoms with E-state index in [1.807, 2.05) is 30.3 Å². The molecule has 0 unspecified atom stereocenters. The molecule has 1 aliphatic rings. The van der Waals surface area contributed by atoms with Crippen molar-refractivity contribution < 1.29 is 19.3 Å². The fourth-order valence-corrected chi connectivity index (χ4v) is 5.21. The lowest BCUT2D eigenvalue weighted by Crippen LogP contribution is -2.41. The van der Waals surface area contributed by atoms with Gasteiger partial charge in [0.15, 0.2) is 0 Å². The Labute approximate surface area is 218 Å². The Morgan fingerprint density at radius 2 is 2.00 bits per heavy atom. The Bertz CT molecular complexity index is 1180. The molecule has 37 heavy (non-hydrogen) atoms. The number of ether oxygens (including phenoxy) is 1. The Morgan fingerprint density at radius 1 is 1.19 bits per heavy atom. The highest BCUT2D eigenvalue weighted by Gasteiger charge is 2.21. The standard InChI is InChI=1S/C30H38FN3O3/c1-3-21-15-23(31)17-24(16-21)33-19-25(35)20-34-13-10-22(11-14-34)5-4-6-30(36)27-9-12-32-29-8-7-26(37-2)18-28(27)29/h3,7-9,12,15-18,22,25,30,33,35-36H,1,4-6,10-11,13-14,19-20H2,2H3/t25-,30+/m1/s1. The topological polar surface area (TPSA) is 77.9 Å². The van der Waals surface area contributed by atoms with Crippen molar-refractivity contribution >= 4 is 22.7 Å². The first-order chi connectivity index (χ1) is 17.9. The van der Waals surface area contributed by atoms with Gasteiger partial charge in [0, 0.05) is 30.4 Å². The van der Waals surface area contributed by atoms with Crippen LogP contribution < -0.4 is 10.1 Å². The number of pyridine rings is 1. The SMILES string of the molecule is C=Cc1cc(F)cc(NC[C@@H](O)CN2CCC(CCC[C@H](O)c3ccnc4ccc(OC)cc34)CC2)c1. The molecule has 0 saturated carbocycles. The number of aromatic nitrogens is 1. The summed E-state index contributed by atoms with van der Waals surface area (Å²) >= 11 is 0. The quantitative estimate of drug-likeness (QED) is 0.304. The summed E-state index contributed by atoms with van der Waals surface area (Å²) in [7, 11) is 1.64. The number of rotatable bonds is 12. The lowest BCUT2D eigenvalue weighted by molar-refractivity contribution is 0.0930. The van der Waals surface area contributed by atoms with Crippen LogP contribution in [-0.4, -0.2) is 59.5 Å². The van der Waals surface area contributed by atoms with Crippen molar-refractivity contribution in [2.24, 2.45) is 5.92 Å². The number of aliphatic hydroxyl groups excluding tert-OH is 2. The highest BCUT2D eigenvalue weighted by Crippen LogP contribution is 2.30. The third-order valence-electron chi connectivity index (χ3n) is 7.31. The highest BCUT2D eigenvalue weighted by atomic mass is 19.1. The highest BCUT2D eigenvalue weighted by molar-refractivity contribution is 5.83. The molecule has 2 aromatic carbocycles. The molecule has 1 saturated heterocycles. The van der Waals surface area contributed by atoms with Gasteiger partial charge in [0.1, 0.15) is 11.6 Å². The Hall–Kier alpha value is -3.00. The van der Waals surface area contributed by atoms with Crippen LogP contribution in [-0.2, 0) is 0 Å². The number of aliphatic hydroxyl groups is 2. The summed E-state index contributed by atoms with van der Waals surface area (Å²) in [5.74, 6) is 1.08. The van der Waals surface area contributed by atoms with E-state index in [0.29, 0.717) is 36.7 Å². The largest absolute Gasteiger partial charge is 0.497 e. The van der Waals surface area contributed by atoms with E-state index in [0.717, 1.165) is 61.0 Å². The van der Waals surface area contributed by atoms with Crippen LogP contribution >= 0.6 is 0 Å². The number of benzene rings is 2. The molecule has 2 heterocycles. The molecule has 0 radical (unpaired) electrons. The summed E-state index contributed by atoms with van der Waals surface area (Å²) in [5, 5.41) is 25.4. The third-order valence-corrected chi connectivity index (χ3v) is 7.31. The summed E-state index contributed by atoms with van der Waals surface area (Å²) in [4.78, 5) is 6.71. The van der Waals surface area contributed by atoms with Gasteiger partial charge in [-0.1, -0.05) is 25.5 Å². The number of anilines is 1. The second-order valence-electron chi connectivity index (χ2n) is 9.99. The van der Waals surface area contributed by atoms with Crippen LogP contribution in [0.2, 0.25) is 0 Å². The van der Waals surface area contributed by atoms with E-state index < -0.39 is 12.2 Å². The summed E-state index contributed by atoms with van der Waals surface area (Å²) in [6, 6.07) is 12.3. The second kappa shape index (κ2) is 13.0. The van der Waals surface area contributed by atoms with E-state index in [1.165, 1.54) is 12.1 Å². The molecule has 1 fully saturated rings. The van der Waals surface area contributed by atoms with E-state index >= 15 is 0 Å². The van der Waals surface area contributed by atoms with Gasteiger partial charge >= 0.3 is 0 Å². The van der Waals surface area contributed by atoms with Crippen molar-refractivity contribution in [1.82, 2.24) is 9.88 Å². The summed E-state index contributed by atoms with van der Waals surface area (Å²) < 4.78 is 19.0. The molecular weight excluding hydrogens is 469 g/mol. The van der Waals surface area contributed by atoms with Gasteiger partial charge in [-0.05, 0) is 91.9 Å². The summed E-state index contributed by atoms with van der Waals surface area (Å²) in [5.41, 5.74) is 3.12. The Kier molecular flexibility index (Phi) is 9.50. The zero-order chi connectivity index (χ0) is 26.2. The predicted octanol–water partition coefficient (Wildman–Crippen LogP) is 5.41. The second-order valence-corrected chi connectivity index (χ2v) is 9.99. The number of nitrogens with one attached hydrogen (secondary N) is 1. The fraction of sp³-hybridized carbons (Fsp3) is 0.433. The number of halogens is 1. The Morgan fingerprint density at radius 3 is 2.76 bits per heavy atom. The molecule has 3 N–H and O–H groups in total. The van der Waals surface area contributed by atoms with Crippen LogP contribution in [0.25, 0.3) is 17.0 Å². The van der Waals surface area contributed by atoms with E-state index in [2.05, 4.69) is 21.8 Å². The smallest absolute Gasteiger partial charge is 0.125 e. The summed E-state index contributed by atoms with van der Waals surface area (Å²) in [6.45, 7) is 6.56. The van der Waals surface area contributed by atoms with Crippen molar-refractivity contribution in [3.63, 3.8) is 0 Å². The van der Waals surface area contributed by atoms with Crippen LogP contribution in [0.3, 0.4) is 0 Å². The van der Waals surface area contributed by atoms with E-state index in [-0.39, 0.29) is 5.82 Å². The van der Waals surface area contributed by atoms with Crippen LogP contribution in [0.5, 0.6) is 5.75 Å². The van der Waals surface area contributed by atoms with E-state index in [9.17, 15) is 14.6 Å². The number of likely N-dealkylation sites (tertiary alicyclic amines) is 1. The molecule has 7 heteroatoms. The maximum absolute atomic E-state index is 13.7. The van der Waals surface area contributed by atoms with Gasteiger partial charge < -0.3 is 25.2 Å². The van der Waals surface area contributed by atoms with Crippen LogP contribution in [0.1, 0.15) is 49.3 Å². The van der Waals surface area contributed by atoms with E-state index in [1.54, 1.807) is 19.4 Å². The number of nitrogens with zero attached hydrogens (tertiary/aromatic N) is 2. The van der Waals surface area contributed by atoms with Crippen molar-refractivity contribution in [2.75, 3.05) is 38.6 Å². The molecule has 4 rings (SSSR count). The van der Waals surface area contributed by atoms with Gasteiger partial charge in [0.25, 0.3) is 0 Å². The average Bonchev–Trinajstić information content (AvgIpc) is 2.91. The molecule has 0 amide bonds. The summed E-state index contributed by atoms with van der Waals surface area (Å²) in [6.07, 6.45) is 7.26. The first-order valence-corrected chi connectivity index (χ1v) is 13.1. The van der Waals surface area contributed by atoms with Gasteiger partial charge in [-0.3, -0.25) is 4.98 Å². The van der Waals surface area contributed by atoms with Crippen molar-refractivity contribution in [1.29, 1.82) is 0 Å². The maximum atomic E-state index is 13.7. The zero-order valence-electron chi connectivity index (χ0n) is 21.6. The zero-order valence-corrected chi connectivity index (χ0v) is 21.6. The molecule has 6 nitrogen and oxygen atoms in total.